The van der Waals surface area contributed by atoms with Crippen molar-refractivity contribution in [1.82, 2.24) is 5.32 Å². The van der Waals surface area contributed by atoms with E-state index in [-0.39, 0.29) is 5.54 Å². The van der Waals surface area contributed by atoms with Crippen LogP contribution >= 0.6 is 0 Å². The maximum Gasteiger partial charge on any atom is 0.0950 e. The van der Waals surface area contributed by atoms with Gasteiger partial charge in [0.2, 0.25) is 0 Å². The monoisotopic (exact) mass is 329 g/mol. The van der Waals surface area contributed by atoms with Crippen molar-refractivity contribution in [3.63, 3.8) is 0 Å². The summed E-state index contributed by atoms with van der Waals surface area (Å²) in [6.07, 6.45) is 1.04. The molecular formula is C23H23NO. The molecule has 0 spiro atoms. The minimum absolute atomic E-state index is 0.334. The van der Waals surface area contributed by atoms with E-state index in [0.717, 1.165) is 19.6 Å². The Morgan fingerprint density at radius 2 is 1.12 bits per heavy atom. The van der Waals surface area contributed by atoms with E-state index in [4.69, 9.17) is 4.74 Å². The summed E-state index contributed by atoms with van der Waals surface area (Å²) >= 11 is 0. The van der Waals surface area contributed by atoms with Crippen molar-refractivity contribution in [2.24, 2.45) is 0 Å². The quantitative estimate of drug-likeness (QED) is 0.702. The van der Waals surface area contributed by atoms with Gasteiger partial charge in [-0.05, 0) is 23.1 Å². The second-order valence-electron chi connectivity index (χ2n) is 6.55. The molecule has 0 amide bonds. The second-order valence-corrected chi connectivity index (χ2v) is 6.55. The van der Waals surface area contributed by atoms with Crippen LogP contribution in [0.1, 0.15) is 23.1 Å². The first kappa shape index (κ1) is 16.1. The van der Waals surface area contributed by atoms with Gasteiger partial charge in [-0.1, -0.05) is 91.0 Å². The van der Waals surface area contributed by atoms with E-state index in [2.05, 4.69) is 96.3 Å². The number of benzene rings is 3. The Morgan fingerprint density at radius 3 is 1.48 bits per heavy atom. The van der Waals surface area contributed by atoms with Crippen molar-refractivity contribution in [3.8, 4) is 0 Å². The van der Waals surface area contributed by atoms with Gasteiger partial charge in [-0.2, -0.15) is 0 Å². The van der Waals surface area contributed by atoms with E-state index in [0.29, 0.717) is 6.04 Å². The van der Waals surface area contributed by atoms with Crippen LogP contribution < -0.4 is 5.32 Å². The fraction of sp³-hybridized carbons (Fsp3) is 0.217. The molecule has 0 saturated carbocycles. The minimum atomic E-state index is -0.387. The van der Waals surface area contributed by atoms with Gasteiger partial charge in [0.05, 0.1) is 12.1 Å². The third-order valence-electron chi connectivity index (χ3n) is 4.97. The first-order valence-corrected chi connectivity index (χ1v) is 8.91. The minimum Gasteiger partial charge on any atom is -0.380 e. The van der Waals surface area contributed by atoms with Crippen molar-refractivity contribution in [2.75, 3.05) is 13.2 Å². The van der Waals surface area contributed by atoms with Gasteiger partial charge in [0, 0.05) is 12.6 Å². The molecule has 2 heteroatoms. The lowest BCUT2D eigenvalue weighted by Gasteiger charge is -2.39. The molecule has 3 aromatic rings. The molecule has 126 valence electrons. The van der Waals surface area contributed by atoms with Gasteiger partial charge < -0.3 is 4.74 Å². The lowest BCUT2D eigenvalue weighted by Crippen LogP contribution is -2.50. The summed E-state index contributed by atoms with van der Waals surface area (Å²) in [7, 11) is 0. The Hall–Kier alpha value is -2.42. The van der Waals surface area contributed by atoms with Gasteiger partial charge in [0.25, 0.3) is 0 Å². The molecule has 0 bridgehead atoms. The molecule has 1 N–H and O–H groups in total. The van der Waals surface area contributed by atoms with E-state index in [1.165, 1.54) is 16.7 Å². The average molecular weight is 329 g/mol. The Kier molecular flexibility index (Phi) is 4.64. The fourth-order valence-corrected chi connectivity index (χ4v) is 3.77. The van der Waals surface area contributed by atoms with Gasteiger partial charge in [0.15, 0.2) is 0 Å². The molecular weight excluding hydrogens is 306 g/mol. The predicted molar refractivity (Wildman–Crippen MR) is 102 cm³/mol. The number of nitrogens with one attached hydrogen (secondary N) is 1. The summed E-state index contributed by atoms with van der Waals surface area (Å²) in [6.45, 7) is 1.58. The Bertz CT molecular complexity index is 683. The highest BCUT2D eigenvalue weighted by molar-refractivity contribution is 5.49. The molecule has 1 aliphatic heterocycles. The first-order chi connectivity index (χ1) is 12.4. The van der Waals surface area contributed by atoms with Crippen LogP contribution in [0.5, 0.6) is 0 Å². The van der Waals surface area contributed by atoms with E-state index in [1.54, 1.807) is 0 Å². The van der Waals surface area contributed by atoms with Crippen LogP contribution in [0.4, 0.5) is 0 Å². The lowest BCUT2D eigenvalue weighted by molar-refractivity contribution is 0.186. The largest absolute Gasteiger partial charge is 0.380 e. The lowest BCUT2D eigenvalue weighted by atomic mass is 9.76. The number of rotatable bonds is 5. The molecule has 1 saturated heterocycles. The third-order valence-corrected chi connectivity index (χ3v) is 4.97. The highest BCUT2D eigenvalue weighted by Crippen LogP contribution is 2.37. The molecule has 1 atom stereocenters. The average Bonchev–Trinajstić information content (AvgIpc) is 3.21. The summed E-state index contributed by atoms with van der Waals surface area (Å²) in [6, 6.07) is 32.5. The highest BCUT2D eigenvalue weighted by Gasteiger charge is 2.38. The van der Waals surface area contributed by atoms with Crippen LogP contribution in [-0.4, -0.2) is 19.3 Å². The summed E-state index contributed by atoms with van der Waals surface area (Å²) in [5.41, 5.74) is 3.36. The Labute approximate surface area is 149 Å². The zero-order chi connectivity index (χ0) is 17.0. The van der Waals surface area contributed by atoms with Crippen LogP contribution in [-0.2, 0) is 10.3 Å². The predicted octanol–water partition coefficient (Wildman–Crippen LogP) is 4.36. The van der Waals surface area contributed by atoms with Gasteiger partial charge in [0.1, 0.15) is 0 Å². The van der Waals surface area contributed by atoms with Crippen molar-refractivity contribution >= 4 is 0 Å². The Morgan fingerprint density at radius 1 is 0.680 bits per heavy atom. The van der Waals surface area contributed by atoms with E-state index >= 15 is 0 Å². The van der Waals surface area contributed by atoms with Gasteiger partial charge in [-0.25, -0.2) is 0 Å². The van der Waals surface area contributed by atoms with Crippen molar-refractivity contribution in [3.05, 3.63) is 108 Å². The maximum absolute atomic E-state index is 5.65. The smallest absolute Gasteiger partial charge is 0.0950 e. The molecule has 25 heavy (non-hydrogen) atoms. The fourth-order valence-electron chi connectivity index (χ4n) is 3.77. The number of hydrogen-bond acceptors (Lipinski definition) is 2. The maximum atomic E-state index is 5.65. The number of ether oxygens (including phenoxy) is 1. The summed E-state index contributed by atoms with van der Waals surface area (Å²) < 4.78 is 5.65. The normalized spacial score (nSPS) is 17.5. The van der Waals surface area contributed by atoms with Gasteiger partial charge in [-0.3, -0.25) is 5.32 Å². The van der Waals surface area contributed by atoms with Gasteiger partial charge in [-0.15, -0.1) is 0 Å². The van der Waals surface area contributed by atoms with Crippen LogP contribution in [0.25, 0.3) is 0 Å². The highest BCUT2D eigenvalue weighted by atomic mass is 16.5. The van der Waals surface area contributed by atoms with Crippen LogP contribution in [0.3, 0.4) is 0 Å². The molecule has 0 radical (unpaired) electrons. The molecule has 1 heterocycles. The molecule has 1 aliphatic rings. The van der Waals surface area contributed by atoms with Crippen molar-refractivity contribution in [2.45, 2.75) is 18.0 Å². The van der Waals surface area contributed by atoms with Crippen molar-refractivity contribution in [1.29, 1.82) is 0 Å². The van der Waals surface area contributed by atoms with E-state index in [9.17, 15) is 0 Å². The summed E-state index contributed by atoms with van der Waals surface area (Å²) in [5.74, 6) is 0. The van der Waals surface area contributed by atoms with Crippen molar-refractivity contribution < 1.29 is 4.74 Å². The molecule has 2 nitrogen and oxygen atoms in total. The topological polar surface area (TPSA) is 21.3 Å². The standard InChI is InChI=1S/C23H23NO/c1-4-10-19(11-5-1)23(20-12-6-2-7-13-20,21-14-8-3-9-15-21)24-22-16-17-25-18-22/h1-15,22,24H,16-18H2. The zero-order valence-corrected chi connectivity index (χ0v) is 14.3. The second kappa shape index (κ2) is 7.22. The third kappa shape index (κ3) is 3.11. The molecule has 1 fully saturated rings. The van der Waals surface area contributed by atoms with E-state index in [1.807, 2.05) is 0 Å². The molecule has 4 rings (SSSR count). The number of hydrogen-bond donors (Lipinski definition) is 1. The summed E-state index contributed by atoms with van der Waals surface area (Å²) in [5, 5.41) is 3.95. The SMILES string of the molecule is c1ccc(C(NC2CCOC2)(c2ccccc2)c2ccccc2)cc1. The van der Waals surface area contributed by atoms with Crippen LogP contribution in [0.15, 0.2) is 91.0 Å². The zero-order valence-electron chi connectivity index (χ0n) is 14.3. The molecule has 1 unspecified atom stereocenters. The molecule has 0 aliphatic carbocycles. The molecule has 0 aromatic heterocycles. The Balaban J connectivity index is 1.93. The van der Waals surface area contributed by atoms with Gasteiger partial charge >= 0.3 is 0 Å². The summed E-state index contributed by atoms with van der Waals surface area (Å²) in [4.78, 5) is 0. The van der Waals surface area contributed by atoms with E-state index < -0.39 is 0 Å². The first-order valence-electron chi connectivity index (χ1n) is 8.91. The van der Waals surface area contributed by atoms with Crippen LogP contribution in [0.2, 0.25) is 0 Å². The van der Waals surface area contributed by atoms with Crippen LogP contribution in [0, 0.1) is 0 Å². The molecule has 3 aromatic carbocycles.